The Labute approximate surface area is 55.6 Å². The zero-order valence-electron chi connectivity index (χ0n) is 3.34. The number of hydrogen-bond acceptors (Lipinski definition) is 3. The fraction of sp³-hybridized carbons (Fsp3) is 0. The van der Waals surface area contributed by atoms with E-state index in [1.807, 2.05) is 0 Å². The summed E-state index contributed by atoms with van der Waals surface area (Å²) in [5.41, 5.74) is 0. The maximum Gasteiger partial charge on any atom is 2.00 e. The molecule has 0 amide bonds. The van der Waals surface area contributed by atoms with Gasteiger partial charge in [0.05, 0.1) is 0 Å². The van der Waals surface area contributed by atoms with Crippen molar-refractivity contribution in [2.45, 2.75) is 0 Å². The zero-order chi connectivity index (χ0) is 3.58. The minimum absolute atomic E-state index is 0. The Bertz CT molecular complexity index is 31.1. The van der Waals surface area contributed by atoms with Gasteiger partial charge in [-0.25, -0.2) is 0 Å². The van der Waals surface area contributed by atoms with Gasteiger partial charge in [0.1, 0.15) is 0 Å². The van der Waals surface area contributed by atoms with Crippen LogP contribution in [0, 0.1) is 0 Å². The van der Waals surface area contributed by atoms with Crippen molar-refractivity contribution < 1.29 is 43.7 Å². The summed E-state index contributed by atoms with van der Waals surface area (Å²) in [7, 11) is 0. The molecular formula is H4O5SZn. The third-order valence-corrected chi connectivity index (χ3v) is 0. The van der Waals surface area contributed by atoms with Gasteiger partial charge >= 0.3 is 19.5 Å². The molecule has 0 bridgehead atoms. The maximum atomic E-state index is 8.44. The third kappa shape index (κ3) is 374. The van der Waals surface area contributed by atoms with Gasteiger partial charge in [0.15, 0.2) is 0 Å². The summed E-state index contributed by atoms with van der Waals surface area (Å²) in [6.07, 6.45) is 0. The topological polar surface area (TPSA) is 126 Å². The normalized spacial score (nSPS) is 5.00. The van der Waals surface area contributed by atoms with E-state index in [0.29, 0.717) is 0 Å². The molecule has 0 aliphatic rings. The first-order valence-electron chi connectivity index (χ1n) is 0.500. The summed E-state index contributed by atoms with van der Waals surface area (Å²) >= 11 is -3.11. The molecule has 0 aromatic carbocycles. The molecule has 42 valence electrons. The maximum absolute atomic E-state index is 8.44. The molecule has 0 aliphatic heterocycles. The molecule has 4 N–H and O–H groups in total. The van der Waals surface area contributed by atoms with Crippen molar-refractivity contribution in [2.75, 3.05) is 0 Å². The van der Waals surface area contributed by atoms with Crippen LogP contribution in [0.5, 0.6) is 0 Å². The molecule has 0 aromatic heterocycles. The van der Waals surface area contributed by atoms with Gasteiger partial charge in [-0.3, -0.25) is 4.21 Å². The molecule has 7 heavy (non-hydrogen) atoms. The Balaban J connectivity index is -0.0000000150. The summed E-state index contributed by atoms with van der Waals surface area (Å²) in [6, 6.07) is 0. The van der Waals surface area contributed by atoms with Crippen LogP contribution < -0.4 is 0 Å². The van der Waals surface area contributed by atoms with Gasteiger partial charge in [-0.2, -0.15) is 0 Å². The van der Waals surface area contributed by atoms with Gasteiger partial charge in [-0.1, -0.05) is 0 Å². The number of rotatable bonds is 0. The largest absolute Gasteiger partial charge is 2.00 e. The Morgan fingerprint density at radius 3 is 1.14 bits per heavy atom. The van der Waals surface area contributed by atoms with Crippen molar-refractivity contribution in [1.29, 1.82) is 0 Å². The second-order valence-electron chi connectivity index (χ2n) is 0.204. The molecule has 0 aliphatic carbocycles. The van der Waals surface area contributed by atoms with Crippen molar-refractivity contribution in [2.24, 2.45) is 0 Å². The van der Waals surface area contributed by atoms with Gasteiger partial charge < -0.3 is 20.1 Å². The molecule has 0 saturated heterocycles. The summed E-state index contributed by atoms with van der Waals surface area (Å²) in [5, 5.41) is 0. The standard InChI is InChI=1S/H2O3S.2H2O.Zn/c1-4(2)3;;;/h(H2,1,2,3);2*1H2;/q;;;+2/p-2. The summed E-state index contributed by atoms with van der Waals surface area (Å²) in [5.74, 6) is 0. The van der Waals surface area contributed by atoms with Crippen LogP contribution in [0.1, 0.15) is 0 Å². The number of hydrogen-bond donors (Lipinski definition) is 0. The second-order valence-corrected chi connectivity index (χ2v) is 0.612. The molecule has 0 rings (SSSR count). The minimum atomic E-state index is -3.11. The predicted octanol–water partition coefficient (Wildman–Crippen LogP) is -2.66. The van der Waals surface area contributed by atoms with Crippen LogP contribution in [0.15, 0.2) is 0 Å². The van der Waals surface area contributed by atoms with Crippen LogP contribution in [-0.2, 0) is 30.8 Å². The first-order chi connectivity index (χ1) is 1.73. The summed E-state index contributed by atoms with van der Waals surface area (Å²) in [4.78, 5) is 0. The molecule has 0 unspecified atom stereocenters. The molecule has 0 fully saturated rings. The van der Waals surface area contributed by atoms with Crippen molar-refractivity contribution in [3.8, 4) is 0 Å². The average molecular weight is 181 g/mol. The average Bonchev–Trinajstić information content (AvgIpc) is 0.811. The van der Waals surface area contributed by atoms with Gasteiger partial charge in [-0.05, 0) is 0 Å². The van der Waals surface area contributed by atoms with Gasteiger partial charge in [-0.15, -0.1) is 11.4 Å². The Morgan fingerprint density at radius 1 is 1.14 bits per heavy atom. The van der Waals surface area contributed by atoms with Crippen LogP contribution in [0.3, 0.4) is 0 Å². The summed E-state index contributed by atoms with van der Waals surface area (Å²) < 4.78 is 25.3. The van der Waals surface area contributed by atoms with E-state index in [2.05, 4.69) is 0 Å². The van der Waals surface area contributed by atoms with Crippen molar-refractivity contribution in [3.05, 3.63) is 0 Å². The molecule has 0 atom stereocenters. The SMILES string of the molecule is O.O.O=S([O-])[O-].[Zn+2]. The van der Waals surface area contributed by atoms with E-state index >= 15 is 0 Å². The Kier molecular flexibility index (Phi) is 58.1. The van der Waals surface area contributed by atoms with Gasteiger partial charge in [0, 0.05) is 0 Å². The van der Waals surface area contributed by atoms with Crippen LogP contribution in [0.4, 0.5) is 0 Å². The fourth-order valence-electron chi connectivity index (χ4n) is 0. The summed E-state index contributed by atoms with van der Waals surface area (Å²) in [6.45, 7) is 0. The van der Waals surface area contributed by atoms with E-state index in [0.717, 1.165) is 0 Å². The molecule has 0 saturated carbocycles. The van der Waals surface area contributed by atoms with Crippen molar-refractivity contribution in [3.63, 3.8) is 0 Å². The fourth-order valence-corrected chi connectivity index (χ4v) is 0. The molecule has 0 heterocycles. The van der Waals surface area contributed by atoms with Crippen molar-refractivity contribution in [1.82, 2.24) is 0 Å². The van der Waals surface area contributed by atoms with E-state index in [1.165, 1.54) is 0 Å². The van der Waals surface area contributed by atoms with E-state index in [-0.39, 0.29) is 30.4 Å². The zero-order valence-corrected chi connectivity index (χ0v) is 7.12. The quantitative estimate of drug-likeness (QED) is 0.299. The van der Waals surface area contributed by atoms with E-state index in [4.69, 9.17) is 13.3 Å². The van der Waals surface area contributed by atoms with E-state index < -0.39 is 11.4 Å². The van der Waals surface area contributed by atoms with E-state index in [1.54, 1.807) is 0 Å². The van der Waals surface area contributed by atoms with Crippen LogP contribution >= 0.6 is 0 Å². The third-order valence-electron chi connectivity index (χ3n) is 0. The van der Waals surface area contributed by atoms with Gasteiger partial charge in [0.2, 0.25) is 0 Å². The molecule has 0 aromatic rings. The monoisotopic (exact) mass is 180 g/mol. The molecule has 0 spiro atoms. The van der Waals surface area contributed by atoms with Crippen LogP contribution in [0.2, 0.25) is 0 Å². The Morgan fingerprint density at radius 2 is 1.14 bits per heavy atom. The molecule has 5 nitrogen and oxygen atoms in total. The van der Waals surface area contributed by atoms with E-state index in [9.17, 15) is 0 Å². The van der Waals surface area contributed by atoms with Crippen LogP contribution in [-0.4, -0.2) is 24.3 Å². The molecule has 0 radical (unpaired) electrons. The first kappa shape index (κ1) is 25.5. The molecular weight excluding hydrogens is 177 g/mol. The van der Waals surface area contributed by atoms with Crippen LogP contribution in [0.25, 0.3) is 0 Å². The first-order valence-corrected chi connectivity index (χ1v) is 1.50. The second kappa shape index (κ2) is 16.0. The molecule has 7 heteroatoms. The predicted molar refractivity (Wildman–Crippen MR) is 16.9 cm³/mol. The van der Waals surface area contributed by atoms with Crippen molar-refractivity contribution >= 4 is 11.4 Å². The minimum Gasteiger partial charge on any atom is -0.784 e. The smallest absolute Gasteiger partial charge is 0.784 e. The van der Waals surface area contributed by atoms with Gasteiger partial charge in [0.25, 0.3) is 0 Å². The Hall–Kier alpha value is 0.613.